The molecule has 0 atom stereocenters. The van der Waals surface area contributed by atoms with Gasteiger partial charge in [-0.25, -0.2) is 0 Å². The Bertz CT molecular complexity index is 643. The van der Waals surface area contributed by atoms with Gasteiger partial charge in [-0.3, -0.25) is 10.1 Å². The fourth-order valence-corrected chi connectivity index (χ4v) is 1.97. The highest BCUT2D eigenvalue weighted by atomic mass is 16.6. The van der Waals surface area contributed by atoms with Gasteiger partial charge in [0, 0.05) is 18.7 Å². The van der Waals surface area contributed by atoms with Crippen LogP contribution < -0.4 is 10.1 Å². The van der Waals surface area contributed by atoms with Crippen molar-refractivity contribution in [1.82, 2.24) is 0 Å². The Morgan fingerprint density at radius 3 is 2.71 bits per heavy atom. The molecular formula is C15H16N2O4. The molecule has 2 aromatic carbocycles. The average Bonchev–Trinajstić information content (AvgIpc) is 2.52. The van der Waals surface area contributed by atoms with Crippen LogP contribution in [-0.4, -0.2) is 17.1 Å². The van der Waals surface area contributed by atoms with E-state index in [0.717, 1.165) is 5.56 Å². The van der Waals surface area contributed by atoms with Crippen LogP contribution in [0, 0.1) is 10.1 Å². The molecule has 0 heterocycles. The second kappa shape index (κ2) is 6.71. The first-order valence-corrected chi connectivity index (χ1v) is 6.42. The minimum absolute atomic E-state index is 0.0250. The highest BCUT2D eigenvalue weighted by molar-refractivity contribution is 5.62. The summed E-state index contributed by atoms with van der Waals surface area (Å²) in [6.07, 6.45) is 0. The first-order chi connectivity index (χ1) is 10.2. The standard InChI is InChI=1S/C15H16N2O4/c1-16-13-8-11(6-7-14(13)17(19)20)10-21-15-5-3-2-4-12(15)9-18/h2-8,16,18H,9-10H2,1H3. The zero-order chi connectivity index (χ0) is 15.2. The van der Waals surface area contributed by atoms with Crippen LogP contribution in [0.1, 0.15) is 11.1 Å². The zero-order valence-corrected chi connectivity index (χ0v) is 11.6. The van der Waals surface area contributed by atoms with Gasteiger partial charge < -0.3 is 15.2 Å². The number of aliphatic hydroxyl groups is 1. The van der Waals surface area contributed by atoms with E-state index in [2.05, 4.69) is 5.32 Å². The maximum atomic E-state index is 10.9. The van der Waals surface area contributed by atoms with Gasteiger partial charge in [-0.1, -0.05) is 18.2 Å². The maximum absolute atomic E-state index is 10.9. The highest BCUT2D eigenvalue weighted by Crippen LogP contribution is 2.26. The third-order valence-corrected chi connectivity index (χ3v) is 3.06. The Hall–Kier alpha value is -2.60. The Kier molecular flexibility index (Phi) is 4.73. The number of benzene rings is 2. The second-order valence-electron chi connectivity index (χ2n) is 4.41. The summed E-state index contributed by atoms with van der Waals surface area (Å²) >= 11 is 0. The SMILES string of the molecule is CNc1cc(COc2ccccc2CO)ccc1[N+](=O)[O-]. The van der Waals surface area contributed by atoms with Crippen LogP contribution >= 0.6 is 0 Å². The van der Waals surface area contributed by atoms with E-state index in [0.29, 0.717) is 17.0 Å². The third-order valence-electron chi connectivity index (χ3n) is 3.06. The number of hydrogen-bond donors (Lipinski definition) is 2. The quantitative estimate of drug-likeness (QED) is 0.630. The van der Waals surface area contributed by atoms with E-state index in [9.17, 15) is 15.2 Å². The lowest BCUT2D eigenvalue weighted by Crippen LogP contribution is -2.01. The van der Waals surface area contributed by atoms with E-state index in [1.54, 1.807) is 31.3 Å². The molecule has 110 valence electrons. The second-order valence-corrected chi connectivity index (χ2v) is 4.41. The fourth-order valence-electron chi connectivity index (χ4n) is 1.97. The molecule has 6 nitrogen and oxygen atoms in total. The van der Waals surface area contributed by atoms with Gasteiger partial charge in [0.15, 0.2) is 0 Å². The van der Waals surface area contributed by atoms with Crippen molar-refractivity contribution in [3.05, 3.63) is 63.7 Å². The van der Waals surface area contributed by atoms with Gasteiger partial charge in [0.1, 0.15) is 18.0 Å². The predicted molar refractivity (Wildman–Crippen MR) is 79.3 cm³/mol. The molecule has 2 rings (SSSR count). The molecule has 2 N–H and O–H groups in total. The van der Waals surface area contributed by atoms with Crippen molar-refractivity contribution < 1.29 is 14.8 Å². The van der Waals surface area contributed by atoms with Crippen molar-refractivity contribution in [2.75, 3.05) is 12.4 Å². The number of nitro benzene ring substituents is 1. The number of aliphatic hydroxyl groups excluding tert-OH is 1. The lowest BCUT2D eigenvalue weighted by Gasteiger charge is -2.11. The topological polar surface area (TPSA) is 84.6 Å². The smallest absolute Gasteiger partial charge is 0.292 e. The summed E-state index contributed by atoms with van der Waals surface area (Å²) < 4.78 is 5.66. The molecule has 0 aromatic heterocycles. The molecule has 0 aliphatic heterocycles. The number of ether oxygens (including phenoxy) is 1. The molecule has 0 aliphatic carbocycles. The number of hydrogen-bond acceptors (Lipinski definition) is 5. The fraction of sp³-hybridized carbons (Fsp3) is 0.200. The van der Waals surface area contributed by atoms with Gasteiger partial charge in [0.05, 0.1) is 11.5 Å². The monoisotopic (exact) mass is 288 g/mol. The van der Waals surface area contributed by atoms with Crippen molar-refractivity contribution in [2.45, 2.75) is 13.2 Å². The van der Waals surface area contributed by atoms with Gasteiger partial charge in [-0.05, 0) is 23.8 Å². The van der Waals surface area contributed by atoms with Crippen LogP contribution in [0.3, 0.4) is 0 Å². The maximum Gasteiger partial charge on any atom is 0.292 e. The summed E-state index contributed by atoms with van der Waals surface area (Å²) in [6.45, 7) is 0.169. The number of anilines is 1. The van der Waals surface area contributed by atoms with Crippen molar-refractivity contribution >= 4 is 11.4 Å². The molecular weight excluding hydrogens is 272 g/mol. The molecule has 0 bridgehead atoms. The van der Waals surface area contributed by atoms with Crippen LogP contribution in [0.4, 0.5) is 11.4 Å². The normalized spacial score (nSPS) is 10.2. The molecule has 0 saturated carbocycles. The Morgan fingerprint density at radius 1 is 1.29 bits per heavy atom. The van der Waals surface area contributed by atoms with E-state index in [1.807, 2.05) is 12.1 Å². The number of nitro groups is 1. The number of nitrogens with zero attached hydrogens (tertiary/aromatic N) is 1. The van der Waals surface area contributed by atoms with Crippen molar-refractivity contribution in [3.8, 4) is 5.75 Å². The van der Waals surface area contributed by atoms with Gasteiger partial charge in [0.25, 0.3) is 5.69 Å². The Balaban J connectivity index is 2.15. The molecule has 0 aliphatic rings. The Labute approximate surface area is 122 Å². The molecule has 0 saturated heterocycles. The summed E-state index contributed by atoms with van der Waals surface area (Å²) in [5.74, 6) is 0.601. The molecule has 0 fully saturated rings. The zero-order valence-electron chi connectivity index (χ0n) is 11.6. The van der Waals surface area contributed by atoms with Crippen molar-refractivity contribution in [1.29, 1.82) is 0 Å². The highest BCUT2D eigenvalue weighted by Gasteiger charge is 2.13. The predicted octanol–water partition coefficient (Wildman–Crippen LogP) is 2.71. The molecule has 21 heavy (non-hydrogen) atoms. The lowest BCUT2D eigenvalue weighted by atomic mass is 10.1. The summed E-state index contributed by atoms with van der Waals surface area (Å²) in [5.41, 5.74) is 1.97. The van der Waals surface area contributed by atoms with E-state index in [-0.39, 0.29) is 18.9 Å². The largest absolute Gasteiger partial charge is 0.489 e. The molecule has 0 radical (unpaired) electrons. The van der Waals surface area contributed by atoms with Gasteiger partial charge >= 0.3 is 0 Å². The van der Waals surface area contributed by atoms with Gasteiger partial charge in [0.2, 0.25) is 0 Å². The van der Waals surface area contributed by atoms with E-state index >= 15 is 0 Å². The summed E-state index contributed by atoms with van der Waals surface area (Å²) in [6, 6.07) is 12.0. The van der Waals surface area contributed by atoms with E-state index in [4.69, 9.17) is 4.74 Å². The average molecular weight is 288 g/mol. The lowest BCUT2D eigenvalue weighted by molar-refractivity contribution is -0.384. The molecule has 6 heteroatoms. The Morgan fingerprint density at radius 2 is 2.05 bits per heavy atom. The molecule has 2 aromatic rings. The van der Waals surface area contributed by atoms with Crippen LogP contribution in [0.5, 0.6) is 5.75 Å². The van der Waals surface area contributed by atoms with Crippen LogP contribution in [0.2, 0.25) is 0 Å². The minimum Gasteiger partial charge on any atom is -0.489 e. The first-order valence-electron chi connectivity index (χ1n) is 6.42. The van der Waals surface area contributed by atoms with Crippen LogP contribution in [-0.2, 0) is 13.2 Å². The minimum atomic E-state index is -0.433. The number of rotatable bonds is 6. The van der Waals surface area contributed by atoms with E-state index in [1.165, 1.54) is 6.07 Å². The summed E-state index contributed by atoms with van der Waals surface area (Å²) in [5, 5.41) is 22.9. The number of para-hydroxylation sites is 1. The molecule has 0 amide bonds. The van der Waals surface area contributed by atoms with Crippen molar-refractivity contribution in [3.63, 3.8) is 0 Å². The summed E-state index contributed by atoms with van der Waals surface area (Å²) in [4.78, 5) is 10.4. The van der Waals surface area contributed by atoms with Gasteiger partial charge in [-0.15, -0.1) is 0 Å². The molecule has 0 spiro atoms. The van der Waals surface area contributed by atoms with Gasteiger partial charge in [-0.2, -0.15) is 0 Å². The van der Waals surface area contributed by atoms with Crippen LogP contribution in [0.15, 0.2) is 42.5 Å². The summed E-state index contributed by atoms with van der Waals surface area (Å²) in [7, 11) is 1.63. The third kappa shape index (κ3) is 3.49. The molecule has 0 unspecified atom stereocenters. The van der Waals surface area contributed by atoms with E-state index < -0.39 is 4.92 Å². The first kappa shape index (κ1) is 14.8. The van der Waals surface area contributed by atoms with Crippen LogP contribution in [0.25, 0.3) is 0 Å². The number of nitrogens with one attached hydrogen (secondary N) is 1. The van der Waals surface area contributed by atoms with Crippen molar-refractivity contribution in [2.24, 2.45) is 0 Å².